The molecule has 0 fully saturated rings. The minimum absolute atomic E-state index is 0.122. The second-order valence-corrected chi connectivity index (χ2v) is 7.67. The van der Waals surface area contributed by atoms with Crippen LogP contribution in [-0.2, 0) is 0 Å². The first-order valence-corrected chi connectivity index (χ1v) is 10.6. The average molecular weight is 473 g/mol. The summed E-state index contributed by atoms with van der Waals surface area (Å²) < 4.78 is 6.42. The van der Waals surface area contributed by atoms with Gasteiger partial charge in [-0.05, 0) is 30.3 Å². The molecule has 3 heterocycles. The summed E-state index contributed by atoms with van der Waals surface area (Å²) in [7, 11) is 1.54. The number of rotatable bonds is 5. The Kier molecular flexibility index (Phi) is 5.52. The van der Waals surface area contributed by atoms with Crippen molar-refractivity contribution < 1.29 is 9.53 Å². The van der Waals surface area contributed by atoms with Crippen molar-refractivity contribution in [2.75, 3.05) is 12.5 Å². The normalized spacial score (nSPS) is 10.9. The van der Waals surface area contributed by atoms with Gasteiger partial charge >= 0.3 is 0 Å². The number of benzene rings is 2. The van der Waals surface area contributed by atoms with E-state index in [2.05, 4.69) is 20.6 Å². The van der Waals surface area contributed by atoms with Crippen molar-refractivity contribution in [1.29, 1.82) is 0 Å². The number of ether oxygens (including phenoxy) is 1. The van der Waals surface area contributed by atoms with Gasteiger partial charge in [-0.3, -0.25) is 25.1 Å². The topological polar surface area (TPSA) is 115 Å². The molecular weight excluding hydrogens is 456 g/mol. The highest BCUT2D eigenvalue weighted by Crippen LogP contribution is 2.31. The molecule has 0 atom stereocenters. The minimum Gasteiger partial charge on any atom is -0.497 e. The van der Waals surface area contributed by atoms with E-state index in [4.69, 9.17) is 21.3 Å². The largest absolute Gasteiger partial charge is 0.497 e. The highest BCUT2D eigenvalue weighted by molar-refractivity contribution is 6.33. The van der Waals surface area contributed by atoms with Crippen LogP contribution in [0.3, 0.4) is 0 Å². The number of carbonyl (C=O) groups is 1. The monoisotopic (exact) mass is 472 g/mol. The number of methoxy groups -OCH3 is 1. The molecule has 0 aliphatic heterocycles. The van der Waals surface area contributed by atoms with E-state index in [1.807, 2.05) is 6.07 Å². The van der Waals surface area contributed by atoms with E-state index >= 15 is 0 Å². The fourth-order valence-corrected chi connectivity index (χ4v) is 3.75. The van der Waals surface area contributed by atoms with Crippen molar-refractivity contribution in [3.05, 3.63) is 94.0 Å². The Hall–Kier alpha value is -4.50. The number of amides is 1. The SMILES string of the molecule is COc1cccc(-c2nc3c(-c4ccccc4Cl)n[nH]c3c(=O)n2NC(=O)c2ccncc2)c1. The number of pyridine rings is 1. The van der Waals surface area contributed by atoms with Crippen molar-refractivity contribution in [2.24, 2.45) is 0 Å². The molecule has 5 aromatic rings. The summed E-state index contributed by atoms with van der Waals surface area (Å²) in [4.78, 5) is 35.1. The van der Waals surface area contributed by atoms with E-state index < -0.39 is 11.5 Å². The third-order valence-electron chi connectivity index (χ3n) is 5.20. The first kappa shape index (κ1) is 21.4. The third kappa shape index (κ3) is 3.78. The van der Waals surface area contributed by atoms with Crippen LogP contribution in [-0.4, -0.2) is 37.9 Å². The lowest BCUT2D eigenvalue weighted by molar-refractivity contribution is 0.101. The number of H-pyrrole nitrogens is 1. The number of nitrogens with zero attached hydrogens (tertiary/aromatic N) is 4. The predicted octanol–water partition coefficient (Wildman–Crippen LogP) is 3.89. The maximum atomic E-state index is 13.5. The van der Waals surface area contributed by atoms with Crippen LogP contribution < -0.4 is 15.7 Å². The van der Waals surface area contributed by atoms with Crippen LogP contribution in [0.2, 0.25) is 5.02 Å². The van der Waals surface area contributed by atoms with Crippen molar-refractivity contribution in [2.45, 2.75) is 0 Å². The summed E-state index contributed by atoms with van der Waals surface area (Å²) >= 11 is 6.38. The van der Waals surface area contributed by atoms with Crippen LogP contribution in [0.4, 0.5) is 0 Å². The molecular formula is C24H17ClN6O3. The van der Waals surface area contributed by atoms with Gasteiger partial charge in [0.1, 0.15) is 17.0 Å². The summed E-state index contributed by atoms with van der Waals surface area (Å²) in [5, 5.41) is 7.52. The summed E-state index contributed by atoms with van der Waals surface area (Å²) in [5.74, 6) is 0.270. The van der Waals surface area contributed by atoms with Crippen LogP contribution in [0.1, 0.15) is 10.4 Å². The molecule has 1 amide bonds. The van der Waals surface area contributed by atoms with Gasteiger partial charge in [0.2, 0.25) is 0 Å². The molecule has 9 nitrogen and oxygen atoms in total. The first-order chi connectivity index (χ1) is 16.6. The number of carbonyl (C=O) groups excluding carboxylic acids is 1. The summed E-state index contributed by atoms with van der Waals surface area (Å²) in [6, 6.07) is 17.3. The first-order valence-electron chi connectivity index (χ1n) is 10.2. The lowest BCUT2D eigenvalue weighted by Gasteiger charge is -2.14. The molecule has 34 heavy (non-hydrogen) atoms. The number of nitrogens with one attached hydrogen (secondary N) is 2. The molecule has 10 heteroatoms. The molecule has 0 aliphatic carbocycles. The number of hydrogen-bond acceptors (Lipinski definition) is 6. The average Bonchev–Trinajstić information content (AvgIpc) is 3.30. The van der Waals surface area contributed by atoms with Crippen molar-refractivity contribution in [1.82, 2.24) is 24.8 Å². The molecule has 168 valence electrons. The van der Waals surface area contributed by atoms with E-state index in [9.17, 15) is 9.59 Å². The lowest BCUT2D eigenvalue weighted by Crippen LogP contribution is -2.35. The Morgan fingerprint density at radius 3 is 2.65 bits per heavy atom. The maximum Gasteiger partial charge on any atom is 0.298 e. The molecule has 3 aromatic heterocycles. The van der Waals surface area contributed by atoms with Crippen molar-refractivity contribution in [3.8, 4) is 28.4 Å². The Labute approximate surface area is 198 Å². The molecule has 2 aromatic carbocycles. The number of aromatic amines is 1. The zero-order chi connectivity index (χ0) is 23.7. The summed E-state index contributed by atoms with van der Waals surface area (Å²) in [6.07, 6.45) is 2.99. The second kappa shape index (κ2) is 8.80. The Morgan fingerprint density at radius 2 is 1.88 bits per heavy atom. The summed E-state index contributed by atoms with van der Waals surface area (Å²) in [6.45, 7) is 0. The molecule has 0 saturated carbocycles. The Bertz CT molecular complexity index is 1580. The van der Waals surface area contributed by atoms with Gasteiger partial charge in [0.15, 0.2) is 11.3 Å². The molecule has 0 unspecified atom stereocenters. The van der Waals surface area contributed by atoms with Gasteiger partial charge in [-0.25, -0.2) is 4.98 Å². The van der Waals surface area contributed by atoms with E-state index in [1.54, 1.807) is 61.7 Å². The van der Waals surface area contributed by atoms with E-state index in [-0.39, 0.29) is 11.3 Å². The van der Waals surface area contributed by atoms with Gasteiger partial charge in [-0.1, -0.05) is 41.9 Å². The highest BCUT2D eigenvalue weighted by Gasteiger charge is 2.21. The maximum absolute atomic E-state index is 13.5. The van der Waals surface area contributed by atoms with E-state index in [0.29, 0.717) is 38.7 Å². The zero-order valence-electron chi connectivity index (χ0n) is 17.8. The zero-order valence-corrected chi connectivity index (χ0v) is 18.6. The predicted molar refractivity (Wildman–Crippen MR) is 129 cm³/mol. The fraction of sp³-hybridized carbons (Fsp3) is 0.0417. The van der Waals surface area contributed by atoms with Gasteiger partial charge in [0, 0.05) is 29.1 Å². The van der Waals surface area contributed by atoms with Crippen molar-refractivity contribution >= 4 is 28.5 Å². The van der Waals surface area contributed by atoms with Crippen molar-refractivity contribution in [3.63, 3.8) is 0 Å². The molecule has 2 N–H and O–H groups in total. The molecule has 0 bridgehead atoms. The van der Waals surface area contributed by atoms with Gasteiger partial charge in [-0.2, -0.15) is 9.77 Å². The number of fused-ring (bicyclic) bond motifs is 1. The Morgan fingerprint density at radius 1 is 1.09 bits per heavy atom. The fourth-order valence-electron chi connectivity index (χ4n) is 3.53. The van der Waals surface area contributed by atoms with Gasteiger partial charge in [0.05, 0.1) is 12.1 Å². The molecule has 0 radical (unpaired) electrons. The van der Waals surface area contributed by atoms with Gasteiger partial charge in [0.25, 0.3) is 11.5 Å². The number of halogens is 1. The van der Waals surface area contributed by atoms with Crippen LogP contribution in [0.25, 0.3) is 33.7 Å². The smallest absolute Gasteiger partial charge is 0.298 e. The van der Waals surface area contributed by atoms with Crippen LogP contribution in [0.5, 0.6) is 5.75 Å². The minimum atomic E-state index is -0.531. The quantitative estimate of drug-likeness (QED) is 0.401. The van der Waals surface area contributed by atoms with E-state index in [1.165, 1.54) is 12.4 Å². The molecule has 5 rings (SSSR count). The third-order valence-corrected chi connectivity index (χ3v) is 5.53. The molecule has 0 saturated heterocycles. The molecule has 0 aliphatic rings. The Balaban J connectivity index is 1.75. The highest BCUT2D eigenvalue weighted by atomic mass is 35.5. The van der Waals surface area contributed by atoms with Crippen LogP contribution >= 0.6 is 11.6 Å². The van der Waals surface area contributed by atoms with Crippen LogP contribution in [0, 0.1) is 0 Å². The van der Waals surface area contributed by atoms with Gasteiger partial charge < -0.3 is 4.74 Å². The molecule has 0 spiro atoms. The van der Waals surface area contributed by atoms with Crippen LogP contribution in [0.15, 0.2) is 77.9 Å². The number of hydrogen-bond donors (Lipinski definition) is 2. The lowest BCUT2D eigenvalue weighted by atomic mass is 10.1. The second-order valence-electron chi connectivity index (χ2n) is 7.26. The van der Waals surface area contributed by atoms with E-state index in [0.717, 1.165) is 4.68 Å². The van der Waals surface area contributed by atoms with Gasteiger partial charge in [-0.15, -0.1) is 0 Å². The number of aromatic nitrogens is 5. The standard InChI is InChI=1S/C24H17ClN6O3/c1-34-16-6-4-5-15(13-16)22-27-20-19(17-7-2-3-8-18(17)25)28-29-21(20)24(33)31(22)30-23(32)14-9-11-26-12-10-14/h2-13H,1H3,(H,28,29)(H,30,32). The summed E-state index contributed by atoms with van der Waals surface area (Å²) in [5.41, 5.74) is 4.50.